The summed E-state index contributed by atoms with van der Waals surface area (Å²) in [6.45, 7) is 2.22. The highest BCUT2D eigenvalue weighted by Crippen LogP contribution is 2.10. The summed E-state index contributed by atoms with van der Waals surface area (Å²) in [6, 6.07) is 17.2. The number of benzene rings is 2. The highest BCUT2D eigenvalue weighted by Gasteiger charge is 2.14. The molecule has 0 aliphatic rings. The van der Waals surface area contributed by atoms with E-state index in [9.17, 15) is 9.59 Å². The zero-order valence-corrected chi connectivity index (χ0v) is 12.2. The maximum atomic E-state index is 11.0. The predicted octanol–water partition coefficient (Wildman–Crippen LogP) is 2.67. The number of carboxylic acids is 1. The van der Waals surface area contributed by atoms with E-state index >= 15 is 0 Å². The minimum Gasteiger partial charge on any atom is -0.479 e. The third kappa shape index (κ3) is 5.76. The largest absolute Gasteiger partial charge is 0.479 e. The lowest BCUT2D eigenvalue weighted by Crippen LogP contribution is -2.09. The van der Waals surface area contributed by atoms with Crippen LogP contribution in [0, 0.1) is 0 Å². The lowest BCUT2D eigenvalue weighted by atomic mass is 10.1. The SMILES string of the molecule is CCOC(=O)c1ccccc1.O=C(O)[C@H](O)c1ccccc1. The number of rotatable bonds is 4. The van der Waals surface area contributed by atoms with Crippen molar-refractivity contribution in [2.24, 2.45) is 0 Å². The first kappa shape index (κ1) is 17.4. The molecule has 0 radical (unpaired) electrons. The molecule has 0 aliphatic carbocycles. The second-order valence-electron chi connectivity index (χ2n) is 4.24. The average molecular weight is 302 g/mol. The molecule has 5 nitrogen and oxygen atoms in total. The third-order valence-electron chi connectivity index (χ3n) is 2.63. The Bertz CT molecular complexity index is 581. The van der Waals surface area contributed by atoms with Gasteiger partial charge in [0.15, 0.2) is 6.10 Å². The van der Waals surface area contributed by atoms with Crippen molar-refractivity contribution in [2.45, 2.75) is 13.0 Å². The monoisotopic (exact) mass is 302 g/mol. The van der Waals surface area contributed by atoms with Crippen LogP contribution in [0.25, 0.3) is 0 Å². The van der Waals surface area contributed by atoms with Gasteiger partial charge >= 0.3 is 11.9 Å². The number of aliphatic hydroxyl groups is 1. The third-order valence-corrected chi connectivity index (χ3v) is 2.63. The number of aliphatic hydroxyl groups excluding tert-OH is 1. The molecule has 0 bridgehead atoms. The fourth-order valence-corrected chi connectivity index (χ4v) is 1.57. The second kappa shape index (κ2) is 9.31. The van der Waals surface area contributed by atoms with E-state index in [-0.39, 0.29) is 5.97 Å². The summed E-state index contributed by atoms with van der Waals surface area (Å²) in [5, 5.41) is 17.4. The summed E-state index contributed by atoms with van der Waals surface area (Å²) < 4.78 is 4.79. The molecule has 1 atom stereocenters. The van der Waals surface area contributed by atoms with E-state index in [2.05, 4.69) is 0 Å². The number of carbonyl (C=O) groups excluding carboxylic acids is 1. The van der Waals surface area contributed by atoms with E-state index in [4.69, 9.17) is 14.9 Å². The van der Waals surface area contributed by atoms with Crippen LogP contribution < -0.4 is 0 Å². The number of aliphatic carboxylic acids is 1. The van der Waals surface area contributed by atoms with Crippen LogP contribution in [0.1, 0.15) is 28.9 Å². The predicted molar refractivity (Wildman–Crippen MR) is 81.4 cm³/mol. The van der Waals surface area contributed by atoms with Gasteiger partial charge in [-0.2, -0.15) is 0 Å². The molecule has 116 valence electrons. The summed E-state index contributed by atoms with van der Waals surface area (Å²) in [5.74, 6) is -1.48. The maximum absolute atomic E-state index is 11.0. The van der Waals surface area contributed by atoms with E-state index in [0.717, 1.165) is 0 Å². The molecule has 0 fully saturated rings. The van der Waals surface area contributed by atoms with Crippen molar-refractivity contribution in [3.05, 3.63) is 71.8 Å². The molecule has 0 unspecified atom stereocenters. The second-order valence-corrected chi connectivity index (χ2v) is 4.24. The van der Waals surface area contributed by atoms with Gasteiger partial charge in [0.1, 0.15) is 0 Å². The molecule has 0 saturated carbocycles. The summed E-state index contributed by atoms with van der Waals surface area (Å²) >= 11 is 0. The minimum atomic E-state index is -1.41. The van der Waals surface area contributed by atoms with Gasteiger partial charge in [0.05, 0.1) is 12.2 Å². The highest BCUT2D eigenvalue weighted by molar-refractivity contribution is 5.89. The van der Waals surface area contributed by atoms with Gasteiger partial charge in [-0.05, 0) is 24.6 Å². The fourth-order valence-electron chi connectivity index (χ4n) is 1.57. The van der Waals surface area contributed by atoms with Crippen LogP contribution in [-0.2, 0) is 9.53 Å². The molecular weight excluding hydrogens is 284 g/mol. The molecule has 2 N–H and O–H groups in total. The normalized spacial score (nSPS) is 10.8. The Labute approximate surface area is 128 Å². The first-order valence-corrected chi connectivity index (χ1v) is 6.74. The fraction of sp³-hybridized carbons (Fsp3) is 0.176. The summed E-state index contributed by atoms with van der Waals surface area (Å²) in [6.07, 6.45) is -1.41. The molecule has 0 amide bonds. The molecule has 0 saturated heterocycles. The topological polar surface area (TPSA) is 83.8 Å². The van der Waals surface area contributed by atoms with Gasteiger partial charge in [0.2, 0.25) is 0 Å². The van der Waals surface area contributed by atoms with E-state index < -0.39 is 12.1 Å². The molecule has 2 aromatic rings. The van der Waals surface area contributed by atoms with Gasteiger partial charge in [-0.15, -0.1) is 0 Å². The minimum absolute atomic E-state index is 0.256. The number of carboxylic acid groups (broad SMARTS) is 1. The van der Waals surface area contributed by atoms with Gasteiger partial charge in [-0.3, -0.25) is 0 Å². The molecule has 22 heavy (non-hydrogen) atoms. The van der Waals surface area contributed by atoms with Crippen molar-refractivity contribution in [3.8, 4) is 0 Å². The Morgan fingerprint density at radius 3 is 1.95 bits per heavy atom. The first-order chi connectivity index (χ1) is 10.6. The van der Waals surface area contributed by atoms with Crippen molar-refractivity contribution in [3.63, 3.8) is 0 Å². The number of hydrogen-bond donors (Lipinski definition) is 2. The number of carbonyl (C=O) groups is 2. The molecule has 2 aromatic carbocycles. The van der Waals surface area contributed by atoms with Gasteiger partial charge in [-0.25, -0.2) is 9.59 Å². The number of hydrogen-bond acceptors (Lipinski definition) is 4. The van der Waals surface area contributed by atoms with E-state index in [1.165, 1.54) is 0 Å². The highest BCUT2D eigenvalue weighted by atomic mass is 16.5. The lowest BCUT2D eigenvalue weighted by Gasteiger charge is -2.03. The van der Waals surface area contributed by atoms with Crippen molar-refractivity contribution in [2.75, 3.05) is 6.61 Å². The van der Waals surface area contributed by atoms with Crippen molar-refractivity contribution >= 4 is 11.9 Å². The lowest BCUT2D eigenvalue weighted by molar-refractivity contribution is -0.146. The molecule has 0 heterocycles. The van der Waals surface area contributed by atoms with Gasteiger partial charge in [0.25, 0.3) is 0 Å². The zero-order chi connectivity index (χ0) is 16.4. The molecular formula is C17H18O5. The average Bonchev–Trinajstić information content (AvgIpc) is 2.56. The van der Waals surface area contributed by atoms with E-state index in [1.54, 1.807) is 49.4 Å². The quantitative estimate of drug-likeness (QED) is 0.848. The number of ether oxygens (including phenoxy) is 1. The van der Waals surface area contributed by atoms with E-state index in [1.807, 2.05) is 18.2 Å². The zero-order valence-electron chi connectivity index (χ0n) is 12.2. The van der Waals surface area contributed by atoms with Gasteiger partial charge in [0, 0.05) is 0 Å². The molecule has 5 heteroatoms. The van der Waals surface area contributed by atoms with Gasteiger partial charge in [-0.1, -0.05) is 48.5 Å². The Morgan fingerprint density at radius 1 is 1.00 bits per heavy atom. The van der Waals surface area contributed by atoms with Crippen LogP contribution in [0.4, 0.5) is 0 Å². The Balaban J connectivity index is 0.000000220. The van der Waals surface area contributed by atoms with Crippen molar-refractivity contribution in [1.82, 2.24) is 0 Å². The van der Waals surface area contributed by atoms with Crippen molar-refractivity contribution in [1.29, 1.82) is 0 Å². The molecule has 2 rings (SSSR count). The van der Waals surface area contributed by atoms with Crippen LogP contribution in [0.15, 0.2) is 60.7 Å². The molecule has 0 aliphatic heterocycles. The molecule has 0 spiro atoms. The van der Waals surface area contributed by atoms with E-state index in [0.29, 0.717) is 17.7 Å². The van der Waals surface area contributed by atoms with Crippen LogP contribution in [0.2, 0.25) is 0 Å². The van der Waals surface area contributed by atoms with Crippen LogP contribution in [-0.4, -0.2) is 28.8 Å². The maximum Gasteiger partial charge on any atom is 0.338 e. The summed E-state index contributed by atoms with van der Waals surface area (Å²) in [4.78, 5) is 21.3. The Morgan fingerprint density at radius 2 is 1.50 bits per heavy atom. The van der Waals surface area contributed by atoms with Crippen molar-refractivity contribution < 1.29 is 24.5 Å². The standard InChI is InChI=1S/C9H10O2.C8H8O3/c1-2-11-9(10)8-6-4-3-5-7-8;9-7(8(10)11)6-4-2-1-3-5-6/h3-7H,2H2,1H3;1-5,7,9H,(H,10,11)/t;7-/m.1/s1. The van der Waals surface area contributed by atoms with Gasteiger partial charge < -0.3 is 14.9 Å². The Kier molecular flexibility index (Phi) is 7.36. The molecule has 0 aromatic heterocycles. The number of esters is 1. The van der Waals surface area contributed by atoms with Crippen LogP contribution in [0.3, 0.4) is 0 Å². The smallest absolute Gasteiger partial charge is 0.338 e. The van der Waals surface area contributed by atoms with Crippen LogP contribution >= 0.6 is 0 Å². The Hall–Kier alpha value is -2.66. The summed E-state index contributed by atoms with van der Waals surface area (Å²) in [5.41, 5.74) is 1.01. The van der Waals surface area contributed by atoms with Crippen LogP contribution in [0.5, 0.6) is 0 Å². The summed E-state index contributed by atoms with van der Waals surface area (Å²) in [7, 11) is 0. The first-order valence-electron chi connectivity index (χ1n) is 6.74.